The standard InChI is InChI=1S/C21H28N2O4/c24-18-7-5-15(6-8-18)9-10-22-11-17-12-23(14-21(17,13-22)20(26)27)19(25)16-3-1-2-4-16/h5-8,16-17,24H,1-4,9-14H2,(H,26,27)/t17-,21-/m1/s1. The Morgan fingerprint density at radius 2 is 1.78 bits per heavy atom. The minimum absolute atomic E-state index is 0.0140. The zero-order valence-electron chi connectivity index (χ0n) is 15.6. The quantitative estimate of drug-likeness (QED) is 0.826. The van der Waals surface area contributed by atoms with Crippen molar-refractivity contribution in [3.8, 4) is 5.75 Å². The molecule has 0 radical (unpaired) electrons. The number of aromatic hydroxyl groups is 1. The predicted octanol–water partition coefficient (Wildman–Crippen LogP) is 1.97. The van der Waals surface area contributed by atoms with Gasteiger partial charge >= 0.3 is 5.97 Å². The molecule has 2 aliphatic heterocycles. The maximum absolute atomic E-state index is 12.8. The van der Waals surface area contributed by atoms with Gasteiger partial charge in [0.1, 0.15) is 11.2 Å². The van der Waals surface area contributed by atoms with Crippen LogP contribution in [0.2, 0.25) is 0 Å². The van der Waals surface area contributed by atoms with Gasteiger partial charge in [0.15, 0.2) is 0 Å². The van der Waals surface area contributed by atoms with Crippen LogP contribution in [0.1, 0.15) is 31.2 Å². The average Bonchev–Trinajstić information content (AvgIpc) is 3.35. The van der Waals surface area contributed by atoms with Crippen LogP contribution in [0.15, 0.2) is 24.3 Å². The first-order valence-corrected chi connectivity index (χ1v) is 10.0. The lowest BCUT2D eigenvalue weighted by Crippen LogP contribution is -2.43. The highest BCUT2D eigenvalue weighted by atomic mass is 16.4. The number of carbonyl (C=O) groups is 2. The summed E-state index contributed by atoms with van der Waals surface area (Å²) >= 11 is 0. The van der Waals surface area contributed by atoms with Gasteiger partial charge in [0.2, 0.25) is 5.91 Å². The van der Waals surface area contributed by atoms with Gasteiger partial charge in [-0.3, -0.25) is 9.59 Å². The Hall–Kier alpha value is -2.08. The minimum atomic E-state index is -0.816. The number of phenolic OH excluding ortho intramolecular Hbond substituents is 1. The molecular weight excluding hydrogens is 344 g/mol. The van der Waals surface area contributed by atoms with E-state index in [2.05, 4.69) is 4.90 Å². The van der Waals surface area contributed by atoms with Crippen LogP contribution < -0.4 is 0 Å². The third-order valence-corrected chi connectivity index (χ3v) is 6.77. The lowest BCUT2D eigenvalue weighted by atomic mass is 9.81. The van der Waals surface area contributed by atoms with Crippen LogP contribution >= 0.6 is 0 Å². The van der Waals surface area contributed by atoms with E-state index in [-0.39, 0.29) is 23.5 Å². The summed E-state index contributed by atoms with van der Waals surface area (Å²) in [4.78, 5) is 29.0. The zero-order valence-corrected chi connectivity index (χ0v) is 15.6. The van der Waals surface area contributed by atoms with Crippen LogP contribution in [0.25, 0.3) is 0 Å². The van der Waals surface area contributed by atoms with Crippen LogP contribution in [0, 0.1) is 17.3 Å². The van der Waals surface area contributed by atoms with E-state index in [4.69, 9.17) is 0 Å². The van der Waals surface area contributed by atoms with Crippen LogP contribution in [0.3, 0.4) is 0 Å². The molecule has 2 heterocycles. The largest absolute Gasteiger partial charge is 0.508 e. The molecule has 1 aromatic carbocycles. The van der Waals surface area contributed by atoms with E-state index in [1.807, 2.05) is 17.0 Å². The average molecular weight is 372 g/mol. The van der Waals surface area contributed by atoms with Crippen molar-refractivity contribution in [1.82, 2.24) is 9.80 Å². The molecule has 1 aliphatic carbocycles. The molecule has 2 N–H and O–H groups in total. The molecule has 3 aliphatic rings. The van der Waals surface area contributed by atoms with Gasteiger partial charge in [-0.05, 0) is 37.0 Å². The lowest BCUT2D eigenvalue weighted by molar-refractivity contribution is -0.149. The number of phenols is 1. The molecule has 2 saturated heterocycles. The van der Waals surface area contributed by atoms with Crippen LogP contribution in [0.4, 0.5) is 0 Å². The number of carboxylic acid groups (broad SMARTS) is 1. The third-order valence-electron chi connectivity index (χ3n) is 6.77. The van der Waals surface area contributed by atoms with Gasteiger partial charge in [-0.1, -0.05) is 25.0 Å². The molecule has 27 heavy (non-hydrogen) atoms. The van der Waals surface area contributed by atoms with Crippen molar-refractivity contribution in [2.75, 3.05) is 32.7 Å². The number of benzene rings is 1. The topological polar surface area (TPSA) is 81.1 Å². The monoisotopic (exact) mass is 372 g/mol. The van der Waals surface area contributed by atoms with E-state index in [0.717, 1.165) is 50.8 Å². The molecule has 0 unspecified atom stereocenters. The van der Waals surface area contributed by atoms with Gasteiger partial charge in [0.25, 0.3) is 0 Å². The highest BCUT2D eigenvalue weighted by Crippen LogP contribution is 2.44. The predicted molar refractivity (Wildman–Crippen MR) is 100 cm³/mol. The molecule has 4 rings (SSSR count). The number of amides is 1. The third kappa shape index (κ3) is 3.43. The van der Waals surface area contributed by atoms with Gasteiger partial charge in [0.05, 0.1) is 0 Å². The van der Waals surface area contributed by atoms with Gasteiger partial charge in [-0.15, -0.1) is 0 Å². The molecular formula is C21H28N2O4. The van der Waals surface area contributed by atoms with Crippen molar-refractivity contribution in [2.24, 2.45) is 17.3 Å². The van der Waals surface area contributed by atoms with Crippen LogP contribution in [-0.4, -0.2) is 64.6 Å². The van der Waals surface area contributed by atoms with Gasteiger partial charge in [0, 0.05) is 44.6 Å². The Balaban J connectivity index is 1.39. The minimum Gasteiger partial charge on any atom is -0.508 e. The van der Waals surface area contributed by atoms with E-state index >= 15 is 0 Å². The van der Waals surface area contributed by atoms with E-state index in [9.17, 15) is 19.8 Å². The highest BCUT2D eigenvalue weighted by Gasteiger charge is 2.58. The smallest absolute Gasteiger partial charge is 0.313 e. The molecule has 6 nitrogen and oxygen atoms in total. The van der Waals surface area contributed by atoms with Gasteiger partial charge in [-0.2, -0.15) is 0 Å². The number of hydrogen-bond acceptors (Lipinski definition) is 4. The fourth-order valence-corrected chi connectivity index (χ4v) is 5.19. The molecule has 146 valence electrons. The fourth-order valence-electron chi connectivity index (χ4n) is 5.19. The summed E-state index contributed by atoms with van der Waals surface area (Å²) in [5, 5.41) is 19.4. The Labute approximate surface area is 159 Å². The number of carboxylic acids is 1. The fraction of sp³-hybridized carbons (Fsp3) is 0.619. The van der Waals surface area contributed by atoms with E-state index in [1.54, 1.807) is 12.1 Å². The number of likely N-dealkylation sites (tertiary alicyclic amines) is 2. The zero-order chi connectivity index (χ0) is 19.0. The molecule has 0 aromatic heterocycles. The first-order chi connectivity index (χ1) is 13.0. The molecule has 1 amide bonds. The first kappa shape index (κ1) is 18.3. The molecule has 0 bridgehead atoms. The van der Waals surface area contributed by atoms with Gasteiger partial charge < -0.3 is 20.0 Å². The second-order valence-corrected chi connectivity index (χ2v) is 8.51. The lowest BCUT2D eigenvalue weighted by Gasteiger charge is -2.27. The van der Waals surface area contributed by atoms with E-state index in [1.165, 1.54) is 0 Å². The molecule has 1 aromatic rings. The van der Waals surface area contributed by atoms with Crippen molar-refractivity contribution < 1.29 is 19.8 Å². The summed E-state index contributed by atoms with van der Waals surface area (Å²) in [6, 6.07) is 7.17. The maximum Gasteiger partial charge on any atom is 0.313 e. The van der Waals surface area contributed by atoms with E-state index < -0.39 is 11.4 Å². The summed E-state index contributed by atoms with van der Waals surface area (Å²) in [5.41, 5.74) is 0.315. The number of fused-ring (bicyclic) bond motifs is 1. The Kier molecular flexibility index (Phi) is 4.84. The number of aliphatic carboxylic acids is 1. The summed E-state index contributed by atoms with van der Waals surface area (Å²) in [7, 11) is 0. The molecule has 0 spiro atoms. The number of hydrogen-bond donors (Lipinski definition) is 2. The SMILES string of the molecule is O=C(C1CCCC1)N1C[C@H]2CN(CCc3ccc(O)cc3)C[C@@]2(C(=O)O)C1. The maximum atomic E-state index is 12.8. The summed E-state index contributed by atoms with van der Waals surface area (Å²) in [5.74, 6) is -0.203. The Morgan fingerprint density at radius 3 is 2.41 bits per heavy atom. The second kappa shape index (κ2) is 7.15. The van der Waals surface area contributed by atoms with Crippen molar-refractivity contribution in [1.29, 1.82) is 0 Å². The highest BCUT2D eigenvalue weighted by molar-refractivity contribution is 5.83. The van der Waals surface area contributed by atoms with Crippen molar-refractivity contribution >= 4 is 11.9 Å². The second-order valence-electron chi connectivity index (χ2n) is 8.51. The Bertz CT molecular complexity index is 713. The first-order valence-electron chi connectivity index (χ1n) is 10.0. The summed E-state index contributed by atoms with van der Waals surface area (Å²) < 4.78 is 0. The van der Waals surface area contributed by atoms with Gasteiger partial charge in [-0.25, -0.2) is 0 Å². The molecule has 6 heteroatoms. The number of carbonyl (C=O) groups excluding carboxylic acids is 1. The number of nitrogens with zero attached hydrogens (tertiary/aromatic N) is 2. The summed E-state index contributed by atoms with van der Waals surface area (Å²) in [6.07, 6.45) is 4.97. The van der Waals surface area contributed by atoms with Crippen LogP contribution in [-0.2, 0) is 16.0 Å². The molecule has 2 atom stereocenters. The van der Waals surface area contributed by atoms with Crippen molar-refractivity contribution in [3.05, 3.63) is 29.8 Å². The van der Waals surface area contributed by atoms with Crippen molar-refractivity contribution in [2.45, 2.75) is 32.1 Å². The molecule has 3 fully saturated rings. The Morgan fingerprint density at radius 1 is 1.07 bits per heavy atom. The molecule has 1 saturated carbocycles. The number of rotatable bonds is 5. The summed E-state index contributed by atoms with van der Waals surface area (Å²) in [6.45, 7) is 2.99. The van der Waals surface area contributed by atoms with Crippen LogP contribution in [0.5, 0.6) is 5.75 Å². The van der Waals surface area contributed by atoms with Crippen molar-refractivity contribution in [3.63, 3.8) is 0 Å². The normalized spacial score (nSPS) is 28.6. The van der Waals surface area contributed by atoms with E-state index in [0.29, 0.717) is 19.6 Å².